The molecule has 0 unspecified atom stereocenters. The van der Waals surface area contributed by atoms with Crippen LogP contribution >= 0.6 is 12.4 Å². The molecule has 0 bridgehead atoms. The third kappa shape index (κ3) is 4.59. The Labute approximate surface area is 141 Å². The SMILES string of the molecule is CCC(C)(C)C1CCC(NC(=O)C2(N)CCOCC2)CC1.Cl. The van der Waals surface area contributed by atoms with Gasteiger partial charge in [0.05, 0.1) is 5.54 Å². The number of carbonyl (C=O) groups is 1. The molecule has 1 amide bonds. The highest BCUT2D eigenvalue weighted by molar-refractivity contribution is 5.86. The third-order valence-corrected chi connectivity index (χ3v) is 5.92. The Hall–Kier alpha value is -0.320. The van der Waals surface area contributed by atoms with Gasteiger partial charge in [-0.3, -0.25) is 4.79 Å². The van der Waals surface area contributed by atoms with E-state index in [-0.39, 0.29) is 18.3 Å². The summed E-state index contributed by atoms with van der Waals surface area (Å²) >= 11 is 0. The van der Waals surface area contributed by atoms with Gasteiger partial charge in [0.1, 0.15) is 0 Å². The predicted octanol–water partition coefficient (Wildman–Crippen LogP) is 3.03. The number of carbonyl (C=O) groups excluding carboxylic acids is 1. The first-order chi connectivity index (χ1) is 9.87. The second kappa shape index (κ2) is 7.98. The molecular formula is C17H33ClN2O2. The van der Waals surface area contributed by atoms with Gasteiger partial charge in [-0.05, 0) is 49.9 Å². The molecule has 3 N–H and O–H groups in total. The van der Waals surface area contributed by atoms with Gasteiger partial charge in [-0.1, -0.05) is 27.2 Å². The number of hydrogen-bond donors (Lipinski definition) is 2. The van der Waals surface area contributed by atoms with Gasteiger partial charge in [0.25, 0.3) is 0 Å². The molecule has 1 heterocycles. The Morgan fingerprint density at radius 3 is 2.27 bits per heavy atom. The fourth-order valence-corrected chi connectivity index (χ4v) is 3.60. The fraction of sp³-hybridized carbons (Fsp3) is 0.941. The van der Waals surface area contributed by atoms with E-state index in [1.807, 2.05) is 0 Å². The number of rotatable bonds is 4. The average Bonchev–Trinajstić information content (AvgIpc) is 2.48. The van der Waals surface area contributed by atoms with Gasteiger partial charge in [0, 0.05) is 19.3 Å². The number of nitrogens with two attached hydrogens (primary N) is 1. The lowest BCUT2D eigenvalue weighted by molar-refractivity contribution is -0.130. The Morgan fingerprint density at radius 1 is 1.23 bits per heavy atom. The average molecular weight is 333 g/mol. The normalized spacial score (nSPS) is 28.5. The first-order valence-corrected chi connectivity index (χ1v) is 8.55. The molecule has 2 fully saturated rings. The smallest absolute Gasteiger partial charge is 0.240 e. The van der Waals surface area contributed by atoms with Crippen molar-refractivity contribution < 1.29 is 9.53 Å². The van der Waals surface area contributed by atoms with Crippen LogP contribution in [0.2, 0.25) is 0 Å². The highest BCUT2D eigenvalue weighted by atomic mass is 35.5. The molecule has 0 aromatic rings. The van der Waals surface area contributed by atoms with Crippen molar-refractivity contribution in [2.24, 2.45) is 17.1 Å². The molecule has 0 atom stereocenters. The van der Waals surface area contributed by atoms with Gasteiger partial charge < -0.3 is 15.8 Å². The number of nitrogens with one attached hydrogen (secondary N) is 1. The molecule has 0 aromatic heterocycles. The summed E-state index contributed by atoms with van der Waals surface area (Å²) in [6.07, 6.45) is 7.10. The quantitative estimate of drug-likeness (QED) is 0.831. The summed E-state index contributed by atoms with van der Waals surface area (Å²) in [5.41, 5.74) is 5.96. The summed E-state index contributed by atoms with van der Waals surface area (Å²) in [5, 5.41) is 3.20. The number of halogens is 1. The van der Waals surface area contributed by atoms with E-state index in [1.165, 1.54) is 19.3 Å². The van der Waals surface area contributed by atoms with Gasteiger partial charge in [-0.25, -0.2) is 0 Å². The van der Waals surface area contributed by atoms with E-state index in [4.69, 9.17) is 10.5 Å². The van der Waals surface area contributed by atoms with Crippen molar-refractivity contribution in [3.63, 3.8) is 0 Å². The minimum absolute atomic E-state index is 0. The van der Waals surface area contributed by atoms with E-state index in [1.54, 1.807) is 0 Å². The van der Waals surface area contributed by atoms with Crippen LogP contribution in [-0.2, 0) is 9.53 Å². The van der Waals surface area contributed by atoms with E-state index >= 15 is 0 Å². The maximum absolute atomic E-state index is 12.4. The maximum atomic E-state index is 12.4. The van der Waals surface area contributed by atoms with E-state index in [0.29, 0.717) is 37.5 Å². The molecule has 130 valence electrons. The van der Waals surface area contributed by atoms with Crippen molar-refractivity contribution in [1.82, 2.24) is 5.32 Å². The summed E-state index contributed by atoms with van der Waals surface area (Å²) in [6, 6.07) is 0.310. The van der Waals surface area contributed by atoms with Crippen molar-refractivity contribution in [3.05, 3.63) is 0 Å². The lowest BCUT2D eigenvalue weighted by Crippen LogP contribution is -2.59. The van der Waals surface area contributed by atoms with Crippen molar-refractivity contribution in [2.75, 3.05) is 13.2 Å². The summed E-state index contributed by atoms with van der Waals surface area (Å²) in [4.78, 5) is 12.4. The highest BCUT2D eigenvalue weighted by Gasteiger charge is 2.38. The molecule has 4 nitrogen and oxygen atoms in total. The Bertz CT molecular complexity index is 360. The molecule has 5 heteroatoms. The number of ether oxygens (including phenoxy) is 1. The lowest BCUT2D eigenvalue weighted by atomic mass is 9.69. The molecule has 0 radical (unpaired) electrons. The molecule has 2 rings (SSSR count). The second-order valence-electron chi connectivity index (χ2n) is 7.63. The standard InChI is InChI=1S/C17H32N2O2.ClH/c1-4-16(2,3)13-5-7-14(8-6-13)19-15(20)17(18)9-11-21-12-10-17;/h13-14H,4-12,18H2,1-3H3,(H,19,20);1H. The van der Waals surface area contributed by atoms with Crippen LogP contribution in [0, 0.1) is 11.3 Å². The van der Waals surface area contributed by atoms with Gasteiger partial charge in [-0.15, -0.1) is 12.4 Å². The molecule has 2 aliphatic rings. The molecule has 1 saturated heterocycles. The lowest BCUT2D eigenvalue weighted by Gasteiger charge is -2.40. The van der Waals surface area contributed by atoms with E-state index in [0.717, 1.165) is 18.8 Å². The molecular weight excluding hydrogens is 300 g/mol. The molecule has 1 saturated carbocycles. The van der Waals surface area contributed by atoms with E-state index in [2.05, 4.69) is 26.1 Å². The number of hydrogen-bond acceptors (Lipinski definition) is 3. The summed E-state index contributed by atoms with van der Waals surface area (Å²) in [5.74, 6) is 0.814. The molecule has 1 aliphatic carbocycles. The monoisotopic (exact) mass is 332 g/mol. The molecule has 0 spiro atoms. The minimum Gasteiger partial charge on any atom is -0.381 e. The van der Waals surface area contributed by atoms with Crippen LogP contribution in [0.15, 0.2) is 0 Å². The Morgan fingerprint density at radius 2 is 1.77 bits per heavy atom. The fourth-order valence-electron chi connectivity index (χ4n) is 3.60. The van der Waals surface area contributed by atoms with Crippen molar-refractivity contribution in [1.29, 1.82) is 0 Å². The topological polar surface area (TPSA) is 64.4 Å². The first kappa shape index (κ1) is 19.7. The van der Waals surface area contributed by atoms with Crippen molar-refractivity contribution >= 4 is 18.3 Å². The van der Waals surface area contributed by atoms with Crippen LogP contribution in [0.5, 0.6) is 0 Å². The van der Waals surface area contributed by atoms with Gasteiger partial charge in [0.2, 0.25) is 5.91 Å². The summed E-state index contributed by atoms with van der Waals surface area (Å²) in [6.45, 7) is 8.21. The van der Waals surface area contributed by atoms with Crippen molar-refractivity contribution in [3.8, 4) is 0 Å². The van der Waals surface area contributed by atoms with Crippen LogP contribution in [-0.4, -0.2) is 30.7 Å². The zero-order valence-electron chi connectivity index (χ0n) is 14.3. The minimum atomic E-state index is -0.711. The largest absolute Gasteiger partial charge is 0.381 e. The summed E-state index contributed by atoms with van der Waals surface area (Å²) < 4.78 is 5.31. The summed E-state index contributed by atoms with van der Waals surface area (Å²) in [7, 11) is 0. The highest BCUT2D eigenvalue weighted by Crippen LogP contribution is 2.40. The molecule has 22 heavy (non-hydrogen) atoms. The molecule has 1 aliphatic heterocycles. The van der Waals surface area contributed by atoms with Crippen molar-refractivity contribution in [2.45, 2.75) is 77.3 Å². The Balaban J connectivity index is 0.00000242. The van der Waals surface area contributed by atoms with Crippen LogP contribution in [0.4, 0.5) is 0 Å². The zero-order chi connectivity index (χ0) is 15.5. The number of amides is 1. The third-order valence-electron chi connectivity index (χ3n) is 5.92. The van der Waals surface area contributed by atoms with Gasteiger partial charge in [0.15, 0.2) is 0 Å². The van der Waals surface area contributed by atoms with Crippen LogP contribution in [0.1, 0.15) is 65.7 Å². The Kier molecular flexibility index (Phi) is 7.16. The zero-order valence-corrected chi connectivity index (χ0v) is 15.1. The van der Waals surface area contributed by atoms with E-state index in [9.17, 15) is 4.79 Å². The van der Waals surface area contributed by atoms with Crippen LogP contribution in [0.25, 0.3) is 0 Å². The second-order valence-corrected chi connectivity index (χ2v) is 7.63. The van der Waals surface area contributed by atoms with Crippen LogP contribution < -0.4 is 11.1 Å². The first-order valence-electron chi connectivity index (χ1n) is 8.55. The molecule has 0 aromatic carbocycles. The van der Waals surface area contributed by atoms with E-state index < -0.39 is 5.54 Å². The van der Waals surface area contributed by atoms with Gasteiger partial charge in [-0.2, -0.15) is 0 Å². The van der Waals surface area contributed by atoms with Crippen LogP contribution in [0.3, 0.4) is 0 Å². The van der Waals surface area contributed by atoms with Gasteiger partial charge >= 0.3 is 0 Å². The maximum Gasteiger partial charge on any atom is 0.240 e. The predicted molar refractivity (Wildman–Crippen MR) is 92.2 cm³/mol.